The van der Waals surface area contributed by atoms with Crippen LogP contribution in [-0.2, 0) is 4.79 Å². The molecule has 0 radical (unpaired) electrons. The second kappa shape index (κ2) is 5.73. The van der Waals surface area contributed by atoms with E-state index in [2.05, 4.69) is 0 Å². The predicted molar refractivity (Wildman–Crippen MR) is 69.7 cm³/mol. The summed E-state index contributed by atoms with van der Waals surface area (Å²) >= 11 is 0. The molecule has 0 amide bonds. The average Bonchev–Trinajstić information content (AvgIpc) is 2.46. The summed E-state index contributed by atoms with van der Waals surface area (Å²) in [6, 6.07) is 3.45. The van der Waals surface area contributed by atoms with Crippen molar-refractivity contribution in [3.8, 4) is 0 Å². The monoisotopic (exact) mass is 294 g/mol. The van der Waals surface area contributed by atoms with Crippen LogP contribution in [0.15, 0.2) is 18.2 Å². The van der Waals surface area contributed by atoms with Gasteiger partial charge < -0.3 is 14.8 Å². The molecule has 1 aliphatic rings. The fourth-order valence-corrected chi connectivity index (χ4v) is 2.40. The van der Waals surface area contributed by atoms with Crippen LogP contribution in [0.25, 0.3) is 0 Å². The molecule has 0 N–H and O–H groups in total. The van der Waals surface area contributed by atoms with Crippen LogP contribution < -0.4 is 10.0 Å². The molecule has 2 rings (SSSR count). The Kier molecular flexibility index (Phi) is 4.01. The number of carboxylic acid groups (broad SMARTS) is 1. The van der Waals surface area contributed by atoms with Crippen molar-refractivity contribution in [3.63, 3.8) is 0 Å². The fourth-order valence-electron chi connectivity index (χ4n) is 2.40. The maximum absolute atomic E-state index is 11.1. The quantitative estimate of drug-likeness (QED) is 0.582. The maximum Gasteiger partial charge on any atom is 0.299 e. The first kappa shape index (κ1) is 14.7. The molecule has 1 fully saturated rings. The molecule has 21 heavy (non-hydrogen) atoms. The van der Waals surface area contributed by atoms with Gasteiger partial charge in [-0.3, -0.25) is 20.2 Å². The molecule has 0 unspecified atom stereocenters. The summed E-state index contributed by atoms with van der Waals surface area (Å²) in [4.78, 5) is 32.8. The van der Waals surface area contributed by atoms with E-state index in [1.807, 2.05) is 0 Å². The zero-order chi connectivity index (χ0) is 15.6. The van der Waals surface area contributed by atoms with Crippen LogP contribution in [0.1, 0.15) is 12.8 Å². The number of carbonyl (C=O) groups excluding carboxylic acids is 1. The third-order valence-electron chi connectivity index (χ3n) is 3.54. The zero-order valence-electron chi connectivity index (χ0n) is 10.9. The number of nitro groups is 2. The lowest BCUT2D eigenvalue weighted by Crippen LogP contribution is -2.41. The molecule has 0 bridgehead atoms. The van der Waals surface area contributed by atoms with Gasteiger partial charge in [0.05, 0.1) is 15.9 Å². The lowest BCUT2D eigenvalue weighted by atomic mass is 9.96. The Labute approximate surface area is 119 Å². The molecular formula is C12H12N3O6-. The van der Waals surface area contributed by atoms with Crippen LogP contribution in [-0.4, -0.2) is 28.9 Å². The number of benzene rings is 1. The van der Waals surface area contributed by atoms with Gasteiger partial charge in [-0.1, -0.05) is 0 Å². The van der Waals surface area contributed by atoms with E-state index in [-0.39, 0.29) is 17.1 Å². The highest BCUT2D eigenvalue weighted by Crippen LogP contribution is 2.34. The minimum absolute atomic E-state index is 0.266. The van der Waals surface area contributed by atoms with E-state index in [0.29, 0.717) is 25.9 Å². The Bertz CT molecular complexity index is 595. The number of carbonyl (C=O) groups is 1. The Morgan fingerprint density at radius 3 is 2.24 bits per heavy atom. The maximum atomic E-state index is 11.1. The van der Waals surface area contributed by atoms with Gasteiger partial charge in [0.1, 0.15) is 5.69 Å². The van der Waals surface area contributed by atoms with Crippen molar-refractivity contribution in [2.75, 3.05) is 18.0 Å². The van der Waals surface area contributed by atoms with Crippen LogP contribution in [0, 0.1) is 26.1 Å². The second-order valence-corrected chi connectivity index (χ2v) is 4.77. The van der Waals surface area contributed by atoms with E-state index >= 15 is 0 Å². The SMILES string of the molecule is O=C([O-])C1CCN(c2ccc([N+](=O)[O-])cc2[N+](=O)[O-])CC1. The lowest BCUT2D eigenvalue weighted by Gasteiger charge is -2.33. The summed E-state index contributed by atoms with van der Waals surface area (Å²) in [6.07, 6.45) is 0.660. The molecule has 1 aliphatic heterocycles. The molecule has 1 saturated heterocycles. The number of non-ortho nitro benzene ring substituents is 1. The van der Waals surface area contributed by atoms with Gasteiger partial charge >= 0.3 is 0 Å². The number of carboxylic acids is 1. The van der Waals surface area contributed by atoms with E-state index in [1.165, 1.54) is 12.1 Å². The highest BCUT2D eigenvalue weighted by molar-refractivity contribution is 5.70. The van der Waals surface area contributed by atoms with Crippen LogP contribution in [0.4, 0.5) is 17.1 Å². The predicted octanol–water partition coefficient (Wildman–Crippen LogP) is 0.469. The van der Waals surface area contributed by atoms with E-state index in [1.54, 1.807) is 4.90 Å². The largest absolute Gasteiger partial charge is 0.550 e. The highest BCUT2D eigenvalue weighted by atomic mass is 16.6. The minimum atomic E-state index is -1.12. The third-order valence-corrected chi connectivity index (χ3v) is 3.54. The zero-order valence-corrected chi connectivity index (χ0v) is 10.9. The smallest absolute Gasteiger partial charge is 0.299 e. The van der Waals surface area contributed by atoms with Crippen LogP contribution in [0.3, 0.4) is 0 Å². The first-order valence-corrected chi connectivity index (χ1v) is 6.29. The molecule has 1 aromatic carbocycles. The van der Waals surface area contributed by atoms with Gasteiger partial charge in [0.2, 0.25) is 0 Å². The number of hydrogen-bond donors (Lipinski definition) is 0. The molecule has 9 nitrogen and oxygen atoms in total. The number of rotatable bonds is 4. The van der Waals surface area contributed by atoms with E-state index in [9.17, 15) is 30.1 Å². The lowest BCUT2D eigenvalue weighted by molar-refractivity contribution is -0.393. The third kappa shape index (κ3) is 3.07. The van der Waals surface area contributed by atoms with Crippen molar-refractivity contribution in [1.82, 2.24) is 0 Å². The fraction of sp³-hybridized carbons (Fsp3) is 0.417. The second-order valence-electron chi connectivity index (χ2n) is 4.77. The Morgan fingerprint density at radius 2 is 1.76 bits per heavy atom. The van der Waals surface area contributed by atoms with Gasteiger partial charge in [-0.15, -0.1) is 0 Å². The molecule has 0 spiro atoms. The van der Waals surface area contributed by atoms with Gasteiger partial charge in [-0.25, -0.2) is 0 Å². The number of hydrogen-bond acceptors (Lipinski definition) is 7. The topological polar surface area (TPSA) is 130 Å². The van der Waals surface area contributed by atoms with Crippen LogP contribution in [0.2, 0.25) is 0 Å². The van der Waals surface area contributed by atoms with Crippen molar-refractivity contribution >= 4 is 23.0 Å². The standard InChI is InChI=1S/C12H13N3O6/c16-12(17)8-3-5-13(6-4-8)10-2-1-9(14(18)19)7-11(10)15(20)21/h1-2,7-8H,3-6H2,(H,16,17)/p-1. The summed E-state index contributed by atoms with van der Waals surface area (Å²) in [7, 11) is 0. The summed E-state index contributed by atoms with van der Waals surface area (Å²) in [5.41, 5.74) is -0.437. The molecule has 1 aromatic rings. The van der Waals surface area contributed by atoms with Gasteiger partial charge in [-0.05, 0) is 18.9 Å². The average molecular weight is 294 g/mol. The summed E-state index contributed by atoms with van der Waals surface area (Å²) in [6.45, 7) is 0.661. The molecule has 0 aliphatic carbocycles. The molecule has 0 saturated carbocycles. The van der Waals surface area contributed by atoms with Crippen molar-refractivity contribution in [2.24, 2.45) is 5.92 Å². The summed E-state index contributed by atoms with van der Waals surface area (Å²) in [5.74, 6) is -1.67. The Morgan fingerprint density at radius 1 is 1.14 bits per heavy atom. The number of anilines is 1. The van der Waals surface area contributed by atoms with Gasteiger partial charge in [0.15, 0.2) is 0 Å². The summed E-state index contributed by atoms with van der Waals surface area (Å²) < 4.78 is 0. The summed E-state index contributed by atoms with van der Waals surface area (Å²) in [5, 5.41) is 32.5. The molecule has 112 valence electrons. The molecule has 1 heterocycles. The first-order valence-electron chi connectivity index (χ1n) is 6.29. The molecule has 0 aromatic heterocycles. The van der Waals surface area contributed by atoms with Crippen molar-refractivity contribution in [3.05, 3.63) is 38.4 Å². The van der Waals surface area contributed by atoms with Crippen molar-refractivity contribution < 1.29 is 19.7 Å². The highest BCUT2D eigenvalue weighted by Gasteiger charge is 2.27. The van der Waals surface area contributed by atoms with Gasteiger partial charge in [-0.2, -0.15) is 0 Å². The number of nitrogens with zero attached hydrogens (tertiary/aromatic N) is 3. The molecular weight excluding hydrogens is 282 g/mol. The number of nitro benzene ring substituents is 2. The van der Waals surface area contributed by atoms with Gasteiger partial charge in [0.25, 0.3) is 11.4 Å². The normalized spacial score (nSPS) is 15.7. The van der Waals surface area contributed by atoms with Crippen LogP contribution in [0.5, 0.6) is 0 Å². The van der Waals surface area contributed by atoms with E-state index < -0.39 is 21.7 Å². The first-order chi connectivity index (χ1) is 9.90. The van der Waals surface area contributed by atoms with Crippen LogP contribution >= 0.6 is 0 Å². The van der Waals surface area contributed by atoms with Crippen molar-refractivity contribution in [2.45, 2.75) is 12.8 Å². The minimum Gasteiger partial charge on any atom is -0.550 e. The van der Waals surface area contributed by atoms with Crippen molar-refractivity contribution in [1.29, 1.82) is 0 Å². The van der Waals surface area contributed by atoms with E-state index in [0.717, 1.165) is 6.07 Å². The number of aliphatic carboxylic acids is 1. The number of piperidine rings is 1. The molecule has 9 heteroatoms. The Hall–Kier alpha value is -2.71. The molecule has 0 atom stereocenters. The van der Waals surface area contributed by atoms with Gasteiger partial charge in [0, 0.05) is 31.0 Å². The Balaban J connectivity index is 2.26. The van der Waals surface area contributed by atoms with E-state index in [4.69, 9.17) is 0 Å².